The molecule has 0 unspecified atom stereocenters. The van der Waals surface area contributed by atoms with Crippen LogP contribution in [0.15, 0.2) is 12.3 Å². The molecule has 0 saturated carbocycles. The highest BCUT2D eigenvalue weighted by Crippen LogP contribution is 2.16. The first kappa shape index (κ1) is 15.5. The van der Waals surface area contributed by atoms with Crippen molar-refractivity contribution in [2.45, 2.75) is 26.3 Å². The van der Waals surface area contributed by atoms with Gasteiger partial charge >= 0.3 is 5.97 Å². The lowest BCUT2D eigenvalue weighted by Gasteiger charge is -2.24. The summed E-state index contributed by atoms with van der Waals surface area (Å²) in [5.74, 6) is 0.436. The van der Waals surface area contributed by atoms with Gasteiger partial charge in [0.15, 0.2) is 0 Å². The summed E-state index contributed by atoms with van der Waals surface area (Å²) < 4.78 is 5.39. The van der Waals surface area contributed by atoms with Crippen molar-refractivity contribution < 1.29 is 14.6 Å². The van der Waals surface area contributed by atoms with Crippen molar-refractivity contribution in [2.24, 2.45) is 0 Å². The minimum Gasteiger partial charge on any atom is -0.480 e. The molecule has 2 rings (SSSR count). The summed E-state index contributed by atoms with van der Waals surface area (Å²) >= 11 is 0. The van der Waals surface area contributed by atoms with Crippen LogP contribution in [0.3, 0.4) is 0 Å². The van der Waals surface area contributed by atoms with Gasteiger partial charge in [-0.2, -0.15) is 4.98 Å². The summed E-state index contributed by atoms with van der Waals surface area (Å²) in [4.78, 5) is 23.8. The lowest BCUT2D eigenvalue weighted by atomic mass is 10.2. The van der Waals surface area contributed by atoms with E-state index in [1.807, 2.05) is 11.8 Å². The van der Waals surface area contributed by atoms with E-state index < -0.39 is 12.0 Å². The second-order valence-corrected chi connectivity index (χ2v) is 5.02. The second kappa shape index (κ2) is 7.21. The van der Waals surface area contributed by atoms with E-state index in [0.29, 0.717) is 31.5 Å². The predicted molar refractivity (Wildman–Crippen MR) is 78.7 cm³/mol. The third-order valence-corrected chi connectivity index (χ3v) is 3.63. The van der Waals surface area contributed by atoms with Gasteiger partial charge in [-0.1, -0.05) is 0 Å². The van der Waals surface area contributed by atoms with E-state index in [1.165, 1.54) is 0 Å². The highest BCUT2D eigenvalue weighted by atomic mass is 16.5. The molecule has 1 atom stereocenters. The fourth-order valence-electron chi connectivity index (χ4n) is 2.39. The van der Waals surface area contributed by atoms with Gasteiger partial charge in [-0.15, -0.1) is 0 Å². The zero-order chi connectivity index (χ0) is 15.2. The zero-order valence-electron chi connectivity index (χ0n) is 12.5. The van der Waals surface area contributed by atoms with Crippen molar-refractivity contribution in [3.8, 4) is 5.88 Å². The number of anilines is 1. The molecular formula is C14H22N4O3. The molecule has 0 amide bonds. The minimum absolute atomic E-state index is 0.458. The Labute approximate surface area is 124 Å². The van der Waals surface area contributed by atoms with E-state index in [0.717, 1.165) is 19.5 Å². The number of rotatable bonds is 5. The number of carboxylic acids is 1. The van der Waals surface area contributed by atoms with E-state index in [9.17, 15) is 4.79 Å². The molecule has 0 radical (unpaired) electrons. The van der Waals surface area contributed by atoms with Gasteiger partial charge in [0.2, 0.25) is 11.8 Å². The topological polar surface area (TPSA) is 78.8 Å². The van der Waals surface area contributed by atoms with Crippen molar-refractivity contribution in [1.29, 1.82) is 0 Å². The molecule has 116 valence electrons. The molecule has 1 aromatic rings. The van der Waals surface area contributed by atoms with Crippen molar-refractivity contribution in [3.63, 3.8) is 0 Å². The number of carboxylic acid groups (broad SMARTS) is 1. The Morgan fingerprint density at radius 3 is 2.95 bits per heavy atom. The maximum Gasteiger partial charge on any atom is 0.320 e. The molecule has 1 N–H and O–H groups in total. The zero-order valence-corrected chi connectivity index (χ0v) is 12.5. The molecule has 0 bridgehead atoms. The van der Waals surface area contributed by atoms with Gasteiger partial charge in [0.05, 0.1) is 6.61 Å². The third-order valence-electron chi connectivity index (χ3n) is 3.63. The van der Waals surface area contributed by atoms with Crippen molar-refractivity contribution in [2.75, 3.05) is 37.7 Å². The largest absolute Gasteiger partial charge is 0.480 e. The SMILES string of the molecule is CCOc1ccnc(N2CCCN([C@H](C)C(=O)O)CC2)n1. The number of nitrogens with zero attached hydrogens (tertiary/aromatic N) is 4. The highest BCUT2D eigenvalue weighted by molar-refractivity contribution is 5.72. The first-order valence-corrected chi connectivity index (χ1v) is 7.29. The Hall–Kier alpha value is -1.89. The Balaban J connectivity index is 2.02. The molecule has 1 aliphatic heterocycles. The number of ether oxygens (including phenoxy) is 1. The van der Waals surface area contributed by atoms with Gasteiger partial charge in [-0.25, -0.2) is 4.98 Å². The average molecular weight is 294 g/mol. The van der Waals surface area contributed by atoms with Gasteiger partial charge < -0.3 is 14.7 Å². The molecule has 1 saturated heterocycles. The van der Waals surface area contributed by atoms with Crippen LogP contribution in [-0.4, -0.2) is 64.8 Å². The summed E-state index contributed by atoms with van der Waals surface area (Å²) in [6, 6.07) is 1.28. The fourth-order valence-corrected chi connectivity index (χ4v) is 2.39. The van der Waals surface area contributed by atoms with Crippen LogP contribution in [0.2, 0.25) is 0 Å². The Morgan fingerprint density at radius 2 is 2.24 bits per heavy atom. The lowest BCUT2D eigenvalue weighted by molar-refractivity contribution is -0.142. The third kappa shape index (κ3) is 4.04. The molecule has 21 heavy (non-hydrogen) atoms. The highest BCUT2D eigenvalue weighted by Gasteiger charge is 2.24. The van der Waals surface area contributed by atoms with E-state index in [1.54, 1.807) is 19.2 Å². The van der Waals surface area contributed by atoms with Crippen molar-refractivity contribution in [1.82, 2.24) is 14.9 Å². The standard InChI is InChI=1S/C14H22N4O3/c1-3-21-12-5-6-15-14(16-12)18-8-4-7-17(9-10-18)11(2)13(19)20/h5-6,11H,3-4,7-10H2,1-2H3,(H,19,20)/t11-/m1/s1. The normalized spacial score (nSPS) is 18.1. The molecule has 1 aromatic heterocycles. The quantitative estimate of drug-likeness (QED) is 0.862. The molecule has 2 heterocycles. The monoisotopic (exact) mass is 294 g/mol. The van der Waals surface area contributed by atoms with Gasteiger partial charge in [0.25, 0.3) is 0 Å². The maximum absolute atomic E-state index is 11.1. The van der Waals surface area contributed by atoms with E-state index in [2.05, 4.69) is 14.9 Å². The molecule has 1 aliphatic rings. The van der Waals surface area contributed by atoms with Gasteiger partial charge in [0, 0.05) is 38.4 Å². The molecule has 1 fully saturated rings. The van der Waals surface area contributed by atoms with E-state index >= 15 is 0 Å². The van der Waals surface area contributed by atoms with Gasteiger partial charge in [-0.3, -0.25) is 9.69 Å². The Kier molecular flexibility index (Phi) is 5.32. The first-order valence-electron chi connectivity index (χ1n) is 7.29. The summed E-state index contributed by atoms with van der Waals surface area (Å²) in [5.41, 5.74) is 0. The number of aliphatic carboxylic acids is 1. The summed E-state index contributed by atoms with van der Waals surface area (Å²) in [6.07, 6.45) is 2.58. The summed E-state index contributed by atoms with van der Waals surface area (Å²) in [5, 5.41) is 9.11. The maximum atomic E-state index is 11.1. The summed E-state index contributed by atoms with van der Waals surface area (Å²) in [7, 11) is 0. The van der Waals surface area contributed by atoms with Crippen LogP contribution in [0.1, 0.15) is 20.3 Å². The number of carbonyl (C=O) groups is 1. The predicted octanol–water partition coefficient (Wildman–Crippen LogP) is 0.860. The lowest BCUT2D eigenvalue weighted by Crippen LogP contribution is -2.41. The second-order valence-electron chi connectivity index (χ2n) is 5.02. The van der Waals surface area contributed by atoms with Gasteiger partial charge in [-0.05, 0) is 20.3 Å². The number of hydrogen-bond donors (Lipinski definition) is 1. The molecule has 7 heteroatoms. The molecule has 0 aromatic carbocycles. The molecule has 0 spiro atoms. The van der Waals surface area contributed by atoms with Crippen LogP contribution in [0.4, 0.5) is 5.95 Å². The van der Waals surface area contributed by atoms with Crippen LogP contribution in [0, 0.1) is 0 Å². The van der Waals surface area contributed by atoms with Crippen LogP contribution in [-0.2, 0) is 4.79 Å². The van der Waals surface area contributed by atoms with Crippen LogP contribution >= 0.6 is 0 Å². The van der Waals surface area contributed by atoms with Crippen LogP contribution in [0.5, 0.6) is 5.88 Å². The minimum atomic E-state index is -0.780. The smallest absolute Gasteiger partial charge is 0.320 e. The Morgan fingerprint density at radius 1 is 1.43 bits per heavy atom. The van der Waals surface area contributed by atoms with E-state index in [4.69, 9.17) is 9.84 Å². The first-order chi connectivity index (χ1) is 10.1. The molecule has 0 aliphatic carbocycles. The van der Waals surface area contributed by atoms with E-state index in [-0.39, 0.29) is 0 Å². The Bertz CT molecular complexity index is 483. The summed E-state index contributed by atoms with van der Waals surface area (Å²) in [6.45, 7) is 7.21. The van der Waals surface area contributed by atoms with Crippen molar-refractivity contribution >= 4 is 11.9 Å². The van der Waals surface area contributed by atoms with Gasteiger partial charge in [0.1, 0.15) is 6.04 Å². The van der Waals surface area contributed by atoms with Crippen molar-refractivity contribution in [3.05, 3.63) is 12.3 Å². The number of hydrogen-bond acceptors (Lipinski definition) is 6. The number of aromatic nitrogens is 2. The van der Waals surface area contributed by atoms with Crippen LogP contribution < -0.4 is 9.64 Å². The molecular weight excluding hydrogens is 272 g/mol. The average Bonchev–Trinajstić information content (AvgIpc) is 2.73. The van der Waals surface area contributed by atoms with Crippen LogP contribution in [0.25, 0.3) is 0 Å². The fraction of sp³-hybridized carbons (Fsp3) is 0.643. The molecule has 7 nitrogen and oxygen atoms in total.